The van der Waals surface area contributed by atoms with Crippen LogP contribution in [0.2, 0.25) is 0 Å². The van der Waals surface area contributed by atoms with Gasteiger partial charge >= 0.3 is 5.97 Å². The average molecular weight is 828 g/mol. The summed E-state index contributed by atoms with van der Waals surface area (Å²) in [6.45, 7) is 6.82. The molecule has 7 rings (SSSR count). The van der Waals surface area contributed by atoms with Crippen molar-refractivity contribution in [3.8, 4) is 17.2 Å². The zero-order valence-corrected chi connectivity index (χ0v) is 34.1. The van der Waals surface area contributed by atoms with Crippen LogP contribution in [-0.2, 0) is 42.7 Å². The third kappa shape index (κ3) is 7.54. The fourth-order valence-electron chi connectivity index (χ4n) is 9.36. The molecule has 59 heavy (non-hydrogen) atoms. The third-order valence-corrected chi connectivity index (χ3v) is 12.5. The first kappa shape index (κ1) is 43.1. The number of ketones is 3. The topological polar surface area (TPSA) is 237 Å². The number of esters is 1. The van der Waals surface area contributed by atoms with E-state index in [1.165, 1.54) is 18.2 Å². The summed E-state index contributed by atoms with van der Waals surface area (Å²) in [5, 5.41) is 57.8. The molecule has 0 radical (unpaired) electrons. The van der Waals surface area contributed by atoms with E-state index in [1.807, 2.05) is 19.0 Å². The number of hydrogen-bond acceptors (Lipinski definition) is 17. The predicted molar refractivity (Wildman–Crippen MR) is 203 cm³/mol. The van der Waals surface area contributed by atoms with E-state index in [9.17, 15) is 44.7 Å². The molecule has 3 heterocycles. The second-order valence-corrected chi connectivity index (χ2v) is 16.4. The Morgan fingerprint density at radius 2 is 1.47 bits per heavy atom. The fraction of sp³-hybridized carbons (Fsp3) is 0.619. The Balaban J connectivity index is 1.16. The Kier molecular flexibility index (Phi) is 12.0. The number of benzene rings is 2. The molecule has 0 bridgehead atoms. The van der Waals surface area contributed by atoms with E-state index < -0.39 is 119 Å². The summed E-state index contributed by atoms with van der Waals surface area (Å²) in [5.74, 6) is -6.43. The van der Waals surface area contributed by atoms with Gasteiger partial charge in [-0.25, -0.2) is 0 Å². The molecule has 13 atom stereocenters. The molecule has 0 aromatic heterocycles. The van der Waals surface area contributed by atoms with Gasteiger partial charge in [0.1, 0.15) is 41.5 Å². The summed E-state index contributed by atoms with van der Waals surface area (Å²) in [6.07, 6.45) is -7.45. The molecule has 3 aliphatic heterocycles. The standard InChI is InChI=1S/C42H53NO16/c1-8-42(52)16-25(30-31(34(42)41(51)53-7)38(50)32-33(37(30)49)36(48)29-20(35(32)47)10-9-11-23(29)45)57-27-14-21(43(5)6)39(18(3)55-27)59-28-15-24(46)40(19(4)56-28)58-26-13-12-22(44)17(2)54-26/h9-11,17-19,21,24-28,34,39-40,45-46,49-50,52H,8,12-16H2,1-7H3/t17?,18?,19?,21?,24?,25-,26?,27?,28?,34?,39?,40?,42+/m1/s1. The van der Waals surface area contributed by atoms with Crippen molar-refractivity contribution in [3.63, 3.8) is 0 Å². The van der Waals surface area contributed by atoms with Crippen molar-refractivity contribution >= 4 is 23.3 Å². The molecule has 0 saturated carbocycles. The van der Waals surface area contributed by atoms with Gasteiger partial charge < -0.3 is 63.6 Å². The Hall–Kier alpha value is -4.04. The van der Waals surface area contributed by atoms with E-state index in [0.29, 0.717) is 12.8 Å². The highest BCUT2D eigenvalue weighted by molar-refractivity contribution is 6.31. The summed E-state index contributed by atoms with van der Waals surface area (Å²) in [4.78, 5) is 55.1. The molecular weight excluding hydrogens is 774 g/mol. The van der Waals surface area contributed by atoms with Gasteiger partial charge in [-0.05, 0) is 47.4 Å². The number of hydrogen-bond donors (Lipinski definition) is 5. The fourth-order valence-corrected chi connectivity index (χ4v) is 9.36. The second kappa shape index (κ2) is 16.4. The predicted octanol–water partition coefficient (Wildman–Crippen LogP) is 2.86. The summed E-state index contributed by atoms with van der Waals surface area (Å²) in [7, 11) is 4.78. The molecule has 5 N–H and O–H groups in total. The van der Waals surface area contributed by atoms with Crippen molar-refractivity contribution in [3.05, 3.63) is 51.6 Å². The average Bonchev–Trinajstić information content (AvgIpc) is 3.18. The van der Waals surface area contributed by atoms with Crippen LogP contribution in [0.3, 0.4) is 0 Å². The number of carbonyl (C=O) groups excluding carboxylic acids is 4. The van der Waals surface area contributed by atoms with Crippen molar-refractivity contribution in [1.82, 2.24) is 4.90 Å². The van der Waals surface area contributed by atoms with Gasteiger partial charge in [0, 0.05) is 54.8 Å². The lowest BCUT2D eigenvalue weighted by Gasteiger charge is -2.48. The van der Waals surface area contributed by atoms with Gasteiger partial charge in [-0.3, -0.25) is 19.2 Å². The Morgan fingerprint density at radius 3 is 2.10 bits per heavy atom. The van der Waals surface area contributed by atoms with E-state index in [2.05, 4.69) is 0 Å². The molecule has 17 heteroatoms. The molecule has 3 fully saturated rings. The largest absolute Gasteiger partial charge is 0.507 e. The van der Waals surface area contributed by atoms with Gasteiger partial charge in [0.05, 0.1) is 53.8 Å². The smallest absolute Gasteiger partial charge is 0.316 e. The van der Waals surface area contributed by atoms with Crippen LogP contribution in [0, 0.1) is 0 Å². The van der Waals surface area contributed by atoms with Crippen LogP contribution in [0.5, 0.6) is 17.2 Å². The Bertz CT molecular complexity index is 1990. The minimum atomic E-state index is -1.93. The highest BCUT2D eigenvalue weighted by Gasteiger charge is 2.55. The lowest BCUT2D eigenvalue weighted by Crippen LogP contribution is -2.58. The van der Waals surface area contributed by atoms with Gasteiger partial charge in [-0.2, -0.15) is 0 Å². The van der Waals surface area contributed by atoms with Crippen LogP contribution in [0.1, 0.15) is 121 Å². The summed E-state index contributed by atoms with van der Waals surface area (Å²) in [6, 6.07) is 3.49. The molecule has 3 saturated heterocycles. The number of aromatic hydroxyl groups is 3. The molecule has 2 aromatic rings. The van der Waals surface area contributed by atoms with E-state index in [0.717, 1.165) is 7.11 Å². The van der Waals surface area contributed by atoms with Gasteiger partial charge in [0.2, 0.25) is 5.78 Å². The Labute approximate surface area is 341 Å². The first-order valence-electron chi connectivity index (χ1n) is 20.0. The van der Waals surface area contributed by atoms with Crippen LogP contribution in [-0.4, -0.2) is 142 Å². The molecule has 2 aromatic carbocycles. The van der Waals surface area contributed by atoms with Gasteiger partial charge in [0.25, 0.3) is 0 Å². The molecule has 0 spiro atoms. The number of likely N-dealkylation sites (N-methyl/N-ethyl adjacent to an activating group) is 1. The van der Waals surface area contributed by atoms with Crippen molar-refractivity contribution in [2.45, 2.75) is 145 Å². The summed E-state index contributed by atoms with van der Waals surface area (Å²) in [5.41, 5.74) is -4.19. The number of aliphatic hydroxyl groups excluding tert-OH is 1. The van der Waals surface area contributed by atoms with E-state index >= 15 is 0 Å². The minimum Gasteiger partial charge on any atom is -0.507 e. The number of fused-ring (bicyclic) bond motifs is 3. The van der Waals surface area contributed by atoms with Crippen LogP contribution >= 0.6 is 0 Å². The van der Waals surface area contributed by atoms with E-state index in [1.54, 1.807) is 27.7 Å². The molecule has 11 unspecified atom stereocenters. The maximum absolute atomic E-state index is 14.0. The van der Waals surface area contributed by atoms with Gasteiger partial charge in [0.15, 0.2) is 30.4 Å². The van der Waals surface area contributed by atoms with Gasteiger partial charge in [-0.15, -0.1) is 0 Å². The van der Waals surface area contributed by atoms with Crippen LogP contribution < -0.4 is 0 Å². The zero-order chi connectivity index (χ0) is 42.8. The number of ether oxygens (including phenoxy) is 7. The number of methoxy groups -OCH3 is 1. The number of carbonyl (C=O) groups is 4. The molecule has 5 aliphatic rings. The maximum Gasteiger partial charge on any atom is 0.316 e. The lowest BCUT2D eigenvalue weighted by molar-refractivity contribution is -0.324. The molecule has 322 valence electrons. The number of phenols is 3. The maximum atomic E-state index is 14.0. The third-order valence-electron chi connectivity index (χ3n) is 12.5. The lowest BCUT2D eigenvalue weighted by atomic mass is 9.66. The first-order chi connectivity index (χ1) is 27.9. The summed E-state index contributed by atoms with van der Waals surface area (Å²) < 4.78 is 42.4. The first-order valence-corrected chi connectivity index (χ1v) is 20.0. The minimum absolute atomic E-state index is 0.00418. The zero-order valence-electron chi connectivity index (χ0n) is 34.1. The highest BCUT2D eigenvalue weighted by atomic mass is 16.7. The number of nitrogens with zero attached hydrogens (tertiary/aromatic N) is 1. The van der Waals surface area contributed by atoms with Crippen molar-refractivity contribution in [1.29, 1.82) is 0 Å². The molecule has 0 amide bonds. The SMILES string of the molecule is CC[C@]1(O)C[C@@H](OC2CC(N(C)C)C(OC3CC(O)C(OC4CCC(=O)C(C)O4)C(C)O3)C(C)O2)c2c(O)c3c(c(O)c2C1C(=O)OC)C(=O)c1cccc(O)c1C3=O. The quantitative estimate of drug-likeness (QED) is 0.154. The van der Waals surface area contributed by atoms with Crippen molar-refractivity contribution in [2.24, 2.45) is 0 Å². The Morgan fingerprint density at radius 1 is 0.847 bits per heavy atom. The number of aliphatic hydroxyl groups is 2. The number of Topliss-reactive ketones (excluding diaryl/α,β-unsaturated/α-hetero) is 1. The number of phenolic OH excluding ortho intramolecular Hbond substituents is 3. The normalized spacial score (nSPS) is 35.9. The van der Waals surface area contributed by atoms with Crippen LogP contribution in [0.15, 0.2) is 18.2 Å². The molecule has 2 aliphatic carbocycles. The van der Waals surface area contributed by atoms with E-state index in [4.69, 9.17) is 33.2 Å². The second-order valence-electron chi connectivity index (χ2n) is 16.4. The van der Waals surface area contributed by atoms with Gasteiger partial charge in [-0.1, -0.05) is 19.1 Å². The summed E-state index contributed by atoms with van der Waals surface area (Å²) >= 11 is 0. The highest BCUT2D eigenvalue weighted by Crippen LogP contribution is 2.57. The van der Waals surface area contributed by atoms with Crippen LogP contribution in [0.4, 0.5) is 0 Å². The van der Waals surface area contributed by atoms with Crippen LogP contribution in [0.25, 0.3) is 0 Å². The van der Waals surface area contributed by atoms with Crippen molar-refractivity contribution < 1.29 is 77.9 Å². The van der Waals surface area contributed by atoms with E-state index in [-0.39, 0.29) is 59.8 Å². The monoisotopic (exact) mass is 827 g/mol. The van der Waals surface area contributed by atoms with Crippen molar-refractivity contribution in [2.75, 3.05) is 21.2 Å². The molecular formula is C42H53NO16. The number of rotatable bonds is 9. The molecule has 17 nitrogen and oxygen atoms in total.